The number of amides is 2. The summed E-state index contributed by atoms with van der Waals surface area (Å²) in [6, 6.07) is 17.7. The molecule has 144 valence electrons. The monoisotopic (exact) mass is 366 g/mol. The molecule has 0 heterocycles. The van der Waals surface area contributed by atoms with Gasteiger partial charge in [0.2, 0.25) is 11.8 Å². The Morgan fingerprint density at radius 3 is 2.11 bits per heavy atom. The zero-order chi connectivity index (χ0) is 19.8. The van der Waals surface area contributed by atoms with Crippen molar-refractivity contribution < 1.29 is 9.59 Å². The van der Waals surface area contributed by atoms with Gasteiger partial charge in [-0.2, -0.15) is 0 Å². The first-order valence-corrected chi connectivity index (χ1v) is 9.56. The molecular weight excluding hydrogens is 336 g/mol. The number of benzene rings is 2. The zero-order valence-electron chi connectivity index (χ0n) is 16.7. The van der Waals surface area contributed by atoms with Gasteiger partial charge in [0.25, 0.3) is 0 Å². The second kappa shape index (κ2) is 9.91. The Bertz CT molecular complexity index is 739. The summed E-state index contributed by atoms with van der Waals surface area (Å²) in [7, 11) is 1.60. The molecule has 27 heavy (non-hydrogen) atoms. The van der Waals surface area contributed by atoms with Crippen molar-refractivity contribution in [2.75, 3.05) is 7.05 Å². The van der Waals surface area contributed by atoms with Gasteiger partial charge in [0.15, 0.2) is 0 Å². The average Bonchev–Trinajstić information content (AvgIpc) is 2.70. The topological polar surface area (TPSA) is 49.4 Å². The number of hydrogen-bond acceptors (Lipinski definition) is 2. The van der Waals surface area contributed by atoms with E-state index < -0.39 is 6.04 Å². The van der Waals surface area contributed by atoms with Crippen LogP contribution in [0, 0.1) is 0 Å². The van der Waals surface area contributed by atoms with Crippen molar-refractivity contribution >= 4 is 11.8 Å². The molecule has 0 aliphatic carbocycles. The van der Waals surface area contributed by atoms with Gasteiger partial charge in [-0.15, -0.1) is 0 Å². The quantitative estimate of drug-likeness (QED) is 0.770. The molecule has 4 nitrogen and oxygen atoms in total. The van der Waals surface area contributed by atoms with E-state index in [4.69, 9.17) is 0 Å². The molecule has 0 saturated carbocycles. The summed E-state index contributed by atoms with van der Waals surface area (Å²) in [4.78, 5) is 26.7. The van der Waals surface area contributed by atoms with Gasteiger partial charge in [-0.1, -0.05) is 68.4 Å². The van der Waals surface area contributed by atoms with Gasteiger partial charge in [0, 0.05) is 20.0 Å². The minimum Gasteiger partial charge on any atom is -0.357 e. The van der Waals surface area contributed by atoms with E-state index in [1.807, 2.05) is 30.3 Å². The van der Waals surface area contributed by atoms with E-state index >= 15 is 0 Å². The van der Waals surface area contributed by atoms with Crippen LogP contribution in [0.15, 0.2) is 54.6 Å². The molecule has 0 unspecified atom stereocenters. The van der Waals surface area contributed by atoms with Crippen molar-refractivity contribution in [1.82, 2.24) is 10.2 Å². The lowest BCUT2D eigenvalue weighted by Crippen LogP contribution is -2.46. The van der Waals surface area contributed by atoms with Crippen LogP contribution in [0.2, 0.25) is 0 Å². The largest absolute Gasteiger partial charge is 0.357 e. The summed E-state index contributed by atoms with van der Waals surface area (Å²) in [5.74, 6) is 0.332. The molecule has 2 aromatic rings. The fourth-order valence-corrected chi connectivity index (χ4v) is 3.04. The van der Waals surface area contributed by atoms with Gasteiger partial charge in [-0.3, -0.25) is 9.59 Å². The van der Waals surface area contributed by atoms with Crippen molar-refractivity contribution in [3.63, 3.8) is 0 Å². The highest BCUT2D eigenvalue weighted by molar-refractivity contribution is 5.87. The number of aryl methyl sites for hydroxylation is 1. The van der Waals surface area contributed by atoms with Gasteiger partial charge >= 0.3 is 0 Å². The fourth-order valence-electron chi connectivity index (χ4n) is 3.04. The van der Waals surface area contributed by atoms with E-state index in [9.17, 15) is 9.59 Å². The second-order valence-electron chi connectivity index (χ2n) is 7.19. The summed E-state index contributed by atoms with van der Waals surface area (Å²) in [6.07, 6.45) is 1.05. The molecule has 4 heteroatoms. The Kier molecular flexibility index (Phi) is 7.59. The summed E-state index contributed by atoms with van der Waals surface area (Å²) < 4.78 is 0. The highest BCUT2D eigenvalue weighted by atomic mass is 16.2. The van der Waals surface area contributed by atoms with Gasteiger partial charge in [0.1, 0.15) is 6.04 Å². The van der Waals surface area contributed by atoms with Gasteiger partial charge in [-0.25, -0.2) is 0 Å². The molecule has 2 rings (SSSR count). The molecule has 0 fully saturated rings. The van der Waals surface area contributed by atoms with Gasteiger partial charge in [0.05, 0.1) is 0 Å². The van der Waals surface area contributed by atoms with E-state index in [1.165, 1.54) is 5.56 Å². The highest BCUT2D eigenvalue weighted by Gasteiger charge is 2.25. The van der Waals surface area contributed by atoms with Crippen molar-refractivity contribution in [2.24, 2.45) is 0 Å². The Balaban J connectivity index is 2.07. The van der Waals surface area contributed by atoms with Crippen LogP contribution >= 0.6 is 0 Å². The summed E-state index contributed by atoms with van der Waals surface area (Å²) in [6.45, 7) is 6.54. The first-order chi connectivity index (χ1) is 12.9. The lowest BCUT2D eigenvalue weighted by molar-refractivity contribution is -0.140. The summed E-state index contributed by atoms with van der Waals surface area (Å²) in [5.41, 5.74) is 3.45. The number of carbonyl (C=O) groups is 2. The third-order valence-electron chi connectivity index (χ3n) is 4.88. The number of nitrogens with one attached hydrogen (secondary N) is 1. The third-order valence-corrected chi connectivity index (χ3v) is 4.88. The Morgan fingerprint density at radius 1 is 0.926 bits per heavy atom. The van der Waals surface area contributed by atoms with E-state index in [0.29, 0.717) is 25.3 Å². The predicted molar refractivity (Wildman–Crippen MR) is 109 cm³/mol. The molecule has 1 atom stereocenters. The molecule has 0 aromatic heterocycles. The molecule has 1 N–H and O–H groups in total. The minimum absolute atomic E-state index is 0.0112. The van der Waals surface area contributed by atoms with Crippen LogP contribution in [0.3, 0.4) is 0 Å². The molecule has 0 aliphatic rings. The number of carbonyl (C=O) groups excluding carboxylic acids is 2. The maximum Gasteiger partial charge on any atom is 0.242 e. The summed E-state index contributed by atoms with van der Waals surface area (Å²) in [5, 5.41) is 2.64. The van der Waals surface area contributed by atoms with Crippen molar-refractivity contribution in [3.8, 4) is 0 Å². The van der Waals surface area contributed by atoms with E-state index in [1.54, 1.807) is 18.9 Å². The van der Waals surface area contributed by atoms with Crippen molar-refractivity contribution in [3.05, 3.63) is 71.3 Å². The smallest absolute Gasteiger partial charge is 0.242 e. The van der Waals surface area contributed by atoms with E-state index in [0.717, 1.165) is 11.1 Å². The van der Waals surface area contributed by atoms with Crippen LogP contribution in [-0.4, -0.2) is 29.8 Å². The first-order valence-electron chi connectivity index (χ1n) is 9.56. The SMILES string of the molecule is CNC(=O)[C@@H](C)N(Cc1ccccc1)C(=O)CCc1ccc(C(C)C)cc1. The van der Waals surface area contributed by atoms with Crippen LogP contribution in [0.5, 0.6) is 0 Å². The van der Waals surface area contributed by atoms with Crippen LogP contribution in [0.1, 0.15) is 49.8 Å². The Hall–Kier alpha value is -2.62. The molecule has 0 saturated heterocycles. The molecule has 0 spiro atoms. The Labute approximate surface area is 162 Å². The van der Waals surface area contributed by atoms with Crippen LogP contribution in [0.25, 0.3) is 0 Å². The summed E-state index contributed by atoms with van der Waals surface area (Å²) >= 11 is 0. The normalized spacial score (nSPS) is 11.9. The maximum absolute atomic E-state index is 12.9. The number of likely N-dealkylation sites (N-methyl/N-ethyl adjacent to an activating group) is 1. The highest BCUT2D eigenvalue weighted by Crippen LogP contribution is 2.17. The lowest BCUT2D eigenvalue weighted by Gasteiger charge is -2.28. The maximum atomic E-state index is 12.9. The van der Waals surface area contributed by atoms with Crippen LogP contribution in [-0.2, 0) is 22.6 Å². The van der Waals surface area contributed by atoms with E-state index in [2.05, 4.69) is 43.4 Å². The van der Waals surface area contributed by atoms with Gasteiger partial charge in [-0.05, 0) is 36.0 Å². The average molecular weight is 367 g/mol. The number of nitrogens with zero attached hydrogens (tertiary/aromatic N) is 1. The zero-order valence-corrected chi connectivity index (χ0v) is 16.7. The third kappa shape index (κ3) is 5.95. The standard InChI is InChI=1S/C23H30N2O2/c1-17(2)21-13-10-19(11-14-21)12-15-22(26)25(18(3)23(27)24-4)16-20-8-6-5-7-9-20/h5-11,13-14,17-18H,12,15-16H2,1-4H3,(H,24,27)/t18-/m1/s1. The van der Waals surface area contributed by atoms with E-state index in [-0.39, 0.29) is 11.8 Å². The minimum atomic E-state index is -0.508. The van der Waals surface area contributed by atoms with Crippen molar-refractivity contribution in [2.45, 2.75) is 52.1 Å². The lowest BCUT2D eigenvalue weighted by atomic mass is 10.00. The molecule has 0 radical (unpaired) electrons. The molecule has 0 aliphatic heterocycles. The number of hydrogen-bond donors (Lipinski definition) is 1. The second-order valence-corrected chi connectivity index (χ2v) is 7.19. The van der Waals surface area contributed by atoms with Crippen LogP contribution < -0.4 is 5.32 Å². The molecule has 2 amide bonds. The molecular formula is C23H30N2O2. The molecule has 2 aromatic carbocycles. The predicted octanol–water partition coefficient (Wildman–Crippen LogP) is 3.91. The Morgan fingerprint density at radius 2 is 1.56 bits per heavy atom. The molecule has 0 bridgehead atoms. The van der Waals surface area contributed by atoms with Crippen molar-refractivity contribution in [1.29, 1.82) is 0 Å². The van der Waals surface area contributed by atoms with Crippen LogP contribution in [0.4, 0.5) is 0 Å². The first kappa shape index (κ1) is 20.7. The fraction of sp³-hybridized carbons (Fsp3) is 0.391. The van der Waals surface area contributed by atoms with Gasteiger partial charge < -0.3 is 10.2 Å². The number of rotatable bonds is 8.